The number of carbonyl (C=O) groups excluding carboxylic acids is 1. The van der Waals surface area contributed by atoms with E-state index in [1.165, 1.54) is 21.1 Å². The number of nitrogens with one attached hydrogen (secondary N) is 1. The number of piperazine rings is 1. The highest BCUT2D eigenvalue weighted by molar-refractivity contribution is 7.89. The van der Waals surface area contributed by atoms with Crippen LogP contribution in [0, 0.1) is 0 Å². The van der Waals surface area contributed by atoms with Gasteiger partial charge in [-0.15, -0.1) is 24.8 Å². The van der Waals surface area contributed by atoms with E-state index in [-0.39, 0.29) is 66.6 Å². The summed E-state index contributed by atoms with van der Waals surface area (Å²) in [6, 6.07) is 4.69. The lowest BCUT2D eigenvalue weighted by atomic mass is 10.1. The van der Waals surface area contributed by atoms with Crippen LogP contribution in [0.15, 0.2) is 27.9 Å². The van der Waals surface area contributed by atoms with Crippen molar-refractivity contribution in [3.05, 3.63) is 34.2 Å². The SMILES string of the molecule is CCCOc1ccc(S(=O)(=O)N2CCN(CCC(=O)OCCN3CCOCC3)CC2)cc1-c1nc2c(CCC)nn(C)c2c(=O)[nH]1.Cl.Cl. The summed E-state index contributed by atoms with van der Waals surface area (Å²) in [5.74, 6) is 0.415. The van der Waals surface area contributed by atoms with Gasteiger partial charge in [0.1, 0.15) is 23.7 Å². The predicted octanol–water partition coefficient (Wildman–Crippen LogP) is 2.48. The zero-order valence-corrected chi connectivity index (χ0v) is 30.3. The average Bonchev–Trinajstić information content (AvgIpc) is 3.38. The lowest BCUT2D eigenvalue weighted by molar-refractivity contribution is -0.144. The Kier molecular flexibility index (Phi) is 15.1. The molecule has 0 saturated carbocycles. The number of halogens is 2. The number of H-pyrrole nitrogens is 1. The Balaban J connectivity index is 0.00000312. The molecule has 2 fully saturated rings. The minimum absolute atomic E-state index is 0. The molecule has 3 aromatic rings. The summed E-state index contributed by atoms with van der Waals surface area (Å²) in [5, 5.41) is 4.49. The number of rotatable bonds is 14. The van der Waals surface area contributed by atoms with Crippen LogP contribution in [-0.4, -0.2) is 127 Å². The number of fused-ring (bicyclic) bond motifs is 1. The van der Waals surface area contributed by atoms with Gasteiger partial charge in [0.25, 0.3) is 5.56 Å². The standard InChI is InChI=1S/C31H45N7O7S.2ClH/c1-4-6-25-28-29(35(3)34-25)31(40)33-30(32-28)24-22-23(7-8-26(24)44-18-5-2)46(41,42)38-13-11-36(12-14-38)10-9-27(39)45-21-17-37-15-19-43-20-16-37;;/h7-8,22H,4-6,9-21H2,1-3H3,(H,32,33,40);2*1H. The van der Waals surface area contributed by atoms with Gasteiger partial charge in [0.05, 0.1) is 42.4 Å². The highest BCUT2D eigenvalue weighted by atomic mass is 35.5. The Labute approximate surface area is 294 Å². The highest BCUT2D eigenvalue weighted by Gasteiger charge is 2.30. The fourth-order valence-electron chi connectivity index (χ4n) is 5.75. The van der Waals surface area contributed by atoms with Crippen LogP contribution in [0.4, 0.5) is 0 Å². The summed E-state index contributed by atoms with van der Waals surface area (Å²) >= 11 is 0. The summed E-state index contributed by atoms with van der Waals surface area (Å²) in [4.78, 5) is 37.4. The summed E-state index contributed by atoms with van der Waals surface area (Å²) < 4.78 is 47.3. The number of esters is 1. The number of aromatic nitrogens is 4. The first-order valence-electron chi connectivity index (χ1n) is 16.1. The Bertz CT molecular complexity index is 1670. The van der Waals surface area contributed by atoms with Crippen molar-refractivity contribution >= 4 is 51.8 Å². The van der Waals surface area contributed by atoms with Crippen LogP contribution >= 0.6 is 24.8 Å². The number of ether oxygens (including phenoxy) is 3. The van der Waals surface area contributed by atoms with Gasteiger partial charge >= 0.3 is 5.97 Å². The largest absolute Gasteiger partial charge is 0.493 e. The van der Waals surface area contributed by atoms with Crippen LogP contribution in [-0.2, 0) is 37.8 Å². The first kappa shape index (κ1) is 39.6. The third-order valence-electron chi connectivity index (χ3n) is 8.29. The Morgan fingerprint density at radius 1 is 0.979 bits per heavy atom. The smallest absolute Gasteiger partial charge is 0.307 e. The molecule has 4 heterocycles. The number of nitrogens with zero attached hydrogens (tertiary/aromatic N) is 6. The molecule has 2 saturated heterocycles. The van der Waals surface area contributed by atoms with Gasteiger partial charge in [-0.3, -0.25) is 19.2 Å². The zero-order chi connectivity index (χ0) is 32.7. The second-order valence-corrected chi connectivity index (χ2v) is 13.5. The van der Waals surface area contributed by atoms with Crippen LogP contribution in [0.2, 0.25) is 0 Å². The van der Waals surface area contributed by atoms with Gasteiger partial charge in [-0.05, 0) is 31.0 Å². The van der Waals surface area contributed by atoms with E-state index in [1.54, 1.807) is 13.1 Å². The van der Waals surface area contributed by atoms with E-state index in [0.717, 1.165) is 25.9 Å². The van der Waals surface area contributed by atoms with Crippen LogP contribution in [0.1, 0.15) is 38.8 Å². The third kappa shape index (κ3) is 9.46. The van der Waals surface area contributed by atoms with E-state index in [9.17, 15) is 18.0 Å². The molecule has 0 unspecified atom stereocenters. The highest BCUT2D eigenvalue weighted by Crippen LogP contribution is 2.32. The molecular formula is C31H47Cl2N7O7S. The van der Waals surface area contributed by atoms with Crippen molar-refractivity contribution in [2.75, 3.05) is 78.8 Å². The van der Waals surface area contributed by atoms with Crippen molar-refractivity contribution in [2.24, 2.45) is 7.05 Å². The normalized spacial score (nSPS) is 16.3. The first-order chi connectivity index (χ1) is 22.2. The van der Waals surface area contributed by atoms with Crippen LogP contribution in [0.25, 0.3) is 22.4 Å². The van der Waals surface area contributed by atoms with Gasteiger partial charge in [-0.2, -0.15) is 9.40 Å². The summed E-state index contributed by atoms with van der Waals surface area (Å²) in [6.45, 7) is 10.7. The molecule has 0 spiro atoms. The minimum Gasteiger partial charge on any atom is -0.493 e. The van der Waals surface area contributed by atoms with E-state index in [0.29, 0.717) is 87.1 Å². The summed E-state index contributed by atoms with van der Waals surface area (Å²) in [5.41, 5.74) is 1.61. The van der Waals surface area contributed by atoms with E-state index < -0.39 is 10.0 Å². The number of morpholine rings is 1. The van der Waals surface area contributed by atoms with Crippen molar-refractivity contribution in [2.45, 2.75) is 44.4 Å². The lowest BCUT2D eigenvalue weighted by Gasteiger charge is -2.33. The molecule has 0 aliphatic carbocycles. The number of aromatic amines is 1. The Morgan fingerprint density at radius 3 is 2.38 bits per heavy atom. The van der Waals surface area contributed by atoms with Gasteiger partial charge in [-0.25, -0.2) is 13.4 Å². The Morgan fingerprint density at radius 2 is 1.69 bits per heavy atom. The molecule has 0 atom stereocenters. The number of benzene rings is 1. The average molecular weight is 733 g/mol. The van der Waals surface area contributed by atoms with Crippen LogP contribution in [0.5, 0.6) is 5.75 Å². The van der Waals surface area contributed by atoms with Gasteiger partial charge < -0.3 is 24.1 Å². The van der Waals surface area contributed by atoms with Gasteiger partial charge in [0.15, 0.2) is 5.52 Å². The maximum atomic E-state index is 13.8. The lowest BCUT2D eigenvalue weighted by Crippen LogP contribution is -2.49. The second-order valence-electron chi connectivity index (χ2n) is 11.6. The number of hydrogen-bond donors (Lipinski definition) is 1. The molecule has 0 bridgehead atoms. The number of hydrogen-bond acceptors (Lipinski definition) is 11. The summed E-state index contributed by atoms with van der Waals surface area (Å²) in [7, 11) is -2.15. The number of sulfonamides is 1. The minimum atomic E-state index is -3.86. The molecule has 1 aromatic carbocycles. The molecule has 5 rings (SSSR count). The summed E-state index contributed by atoms with van der Waals surface area (Å²) in [6.07, 6.45) is 2.50. The topological polar surface area (TPSA) is 152 Å². The Hall–Kier alpha value is -2.79. The quantitative estimate of drug-likeness (QED) is 0.244. The molecule has 0 amide bonds. The fraction of sp³-hybridized carbons (Fsp3) is 0.613. The van der Waals surface area contributed by atoms with E-state index >= 15 is 0 Å². The molecule has 2 aromatic heterocycles. The molecule has 17 heteroatoms. The molecule has 2 aliphatic heterocycles. The molecule has 2 aliphatic rings. The van der Waals surface area contributed by atoms with Crippen molar-refractivity contribution < 1.29 is 27.4 Å². The van der Waals surface area contributed by atoms with Crippen molar-refractivity contribution in [3.8, 4) is 17.1 Å². The van der Waals surface area contributed by atoms with Gasteiger partial charge in [-0.1, -0.05) is 20.3 Å². The van der Waals surface area contributed by atoms with Crippen molar-refractivity contribution in [3.63, 3.8) is 0 Å². The van der Waals surface area contributed by atoms with E-state index in [2.05, 4.69) is 19.9 Å². The molecule has 14 nitrogen and oxygen atoms in total. The number of carbonyl (C=O) groups is 1. The number of aryl methyl sites for hydroxylation is 2. The molecule has 1 N–H and O–H groups in total. The predicted molar refractivity (Wildman–Crippen MR) is 187 cm³/mol. The second kappa shape index (κ2) is 18.3. The van der Waals surface area contributed by atoms with Crippen molar-refractivity contribution in [1.29, 1.82) is 0 Å². The third-order valence-corrected chi connectivity index (χ3v) is 10.2. The fourth-order valence-corrected chi connectivity index (χ4v) is 7.20. The van der Waals surface area contributed by atoms with Crippen LogP contribution < -0.4 is 10.3 Å². The van der Waals surface area contributed by atoms with E-state index in [1.807, 2.05) is 13.8 Å². The molecule has 268 valence electrons. The molecular weight excluding hydrogens is 685 g/mol. The van der Waals surface area contributed by atoms with E-state index in [4.69, 9.17) is 19.2 Å². The van der Waals surface area contributed by atoms with Crippen LogP contribution in [0.3, 0.4) is 0 Å². The monoisotopic (exact) mass is 731 g/mol. The first-order valence-corrected chi connectivity index (χ1v) is 17.6. The maximum absolute atomic E-state index is 13.8. The zero-order valence-electron chi connectivity index (χ0n) is 27.8. The molecule has 0 radical (unpaired) electrons. The van der Waals surface area contributed by atoms with Crippen molar-refractivity contribution in [1.82, 2.24) is 33.9 Å². The van der Waals surface area contributed by atoms with Gasteiger partial charge in [0, 0.05) is 59.4 Å². The van der Waals surface area contributed by atoms with Gasteiger partial charge in [0.2, 0.25) is 10.0 Å². The molecule has 48 heavy (non-hydrogen) atoms. The maximum Gasteiger partial charge on any atom is 0.307 e.